The molecule has 2 heterocycles. The molecule has 5 nitrogen and oxygen atoms in total. The molecule has 2 fully saturated rings. The number of hydrogen-bond donors (Lipinski definition) is 2. The van der Waals surface area contributed by atoms with Crippen molar-refractivity contribution < 1.29 is 9.59 Å². The van der Waals surface area contributed by atoms with E-state index in [0.717, 1.165) is 5.69 Å². The molecule has 2 aliphatic heterocycles. The second-order valence-electron chi connectivity index (χ2n) is 7.24. The highest BCUT2D eigenvalue weighted by Crippen LogP contribution is 2.30. The van der Waals surface area contributed by atoms with Gasteiger partial charge in [-0.25, -0.2) is 0 Å². The van der Waals surface area contributed by atoms with Gasteiger partial charge < -0.3 is 10.2 Å². The summed E-state index contributed by atoms with van der Waals surface area (Å²) in [6.45, 7) is 5.82. The molecule has 25 heavy (non-hydrogen) atoms. The summed E-state index contributed by atoms with van der Waals surface area (Å²) in [5, 5.41) is 5.70. The van der Waals surface area contributed by atoms with Gasteiger partial charge in [-0.2, -0.15) is 0 Å². The predicted molar refractivity (Wildman–Crippen MR) is 99.6 cm³/mol. The Morgan fingerprint density at radius 1 is 1.20 bits per heavy atom. The van der Waals surface area contributed by atoms with Crippen LogP contribution in [-0.4, -0.2) is 42.4 Å². The van der Waals surface area contributed by atoms with E-state index in [1.807, 2.05) is 6.07 Å². The van der Waals surface area contributed by atoms with Gasteiger partial charge in [-0.1, -0.05) is 25.5 Å². The highest BCUT2D eigenvalue weighted by atomic mass is 16.2. The lowest BCUT2D eigenvalue weighted by atomic mass is 9.89. The maximum Gasteiger partial charge on any atom is 0.249 e. The van der Waals surface area contributed by atoms with Crippen molar-refractivity contribution in [3.8, 4) is 0 Å². The molecule has 1 atom stereocenters. The van der Waals surface area contributed by atoms with Gasteiger partial charge in [0, 0.05) is 12.1 Å². The van der Waals surface area contributed by atoms with Crippen LogP contribution in [0.2, 0.25) is 0 Å². The van der Waals surface area contributed by atoms with Crippen molar-refractivity contribution in [2.75, 3.05) is 25.0 Å². The number of imide groups is 1. The van der Waals surface area contributed by atoms with Crippen LogP contribution in [0.15, 0.2) is 24.3 Å². The number of rotatable bonds is 6. The lowest BCUT2D eigenvalue weighted by Gasteiger charge is -2.32. The summed E-state index contributed by atoms with van der Waals surface area (Å²) >= 11 is 0. The molecular weight excluding hydrogens is 314 g/mol. The van der Waals surface area contributed by atoms with Crippen molar-refractivity contribution in [1.82, 2.24) is 10.2 Å². The lowest BCUT2D eigenvalue weighted by Crippen LogP contribution is -2.47. The SMILES string of the molecule is CCCCN1CCC(c2cccc(NC3CCC(=O)NC3=O)c2)CC1. The first-order chi connectivity index (χ1) is 12.2. The van der Waals surface area contributed by atoms with E-state index in [2.05, 4.69) is 40.7 Å². The van der Waals surface area contributed by atoms with E-state index in [0.29, 0.717) is 18.8 Å². The van der Waals surface area contributed by atoms with E-state index in [9.17, 15) is 9.59 Å². The number of likely N-dealkylation sites (tertiary alicyclic amines) is 1. The van der Waals surface area contributed by atoms with Crippen LogP contribution in [0.5, 0.6) is 0 Å². The lowest BCUT2D eigenvalue weighted by molar-refractivity contribution is -0.133. The number of anilines is 1. The van der Waals surface area contributed by atoms with Crippen molar-refractivity contribution in [2.24, 2.45) is 0 Å². The summed E-state index contributed by atoms with van der Waals surface area (Å²) in [5.74, 6) is 0.207. The van der Waals surface area contributed by atoms with Gasteiger partial charge in [0.2, 0.25) is 11.8 Å². The molecule has 2 N–H and O–H groups in total. The fraction of sp³-hybridized carbons (Fsp3) is 0.600. The Labute approximate surface area is 150 Å². The van der Waals surface area contributed by atoms with E-state index in [1.54, 1.807) is 0 Å². The highest BCUT2D eigenvalue weighted by Gasteiger charge is 2.26. The molecule has 3 rings (SSSR count). The third-order valence-corrected chi connectivity index (χ3v) is 5.35. The summed E-state index contributed by atoms with van der Waals surface area (Å²) in [5.41, 5.74) is 2.33. The Morgan fingerprint density at radius 3 is 2.72 bits per heavy atom. The van der Waals surface area contributed by atoms with Gasteiger partial charge in [0.1, 0.15) is 6.04 Å². The van der Waals surface area contributed by atoms with E-state index in [1.165, 1.54) is 50.9 Å². The van der Waals surface area contributed by atoms with E-state index in [-0.39, 0.29) is 17.9 Å². The first-order valence-electron chi connectivity index (χ1n) is 9.58. The maximum absolute atomic E-state index is 11.9. The molecule has 0 aliphatic carbocycles. The standard InChI is InChI=1S/C20H29N3O2/c1-2-3-11-23-12-9-15(10-13-23)16-5-4-6-17(14-16)21-18-7-8-19(24)22-20(18)25/h4-6,14-15,18,21H,2-3,7-13H2,1H3,(H,22,24,25). The smallest absolute Gasteiger partial charge is 0.249 e. The molecular formula is C20H29N3O2. The number of benzene rings is 1. The van der Waals surface area contributed by atoms with E-state index >= 15 is 0 Å². The third-order valence-electron chi connectivity index (χ3n) is 5.35. The number of piperidine rings is 2. The number of unbranched alkanes of at least 4 members (excludes halogenated alkanes) is 1. The van der Waals surface area contributed by atoms with Crippen LogP contribution in [0.1, 0.15) is 56.9 Å². The van der Waals surface area contributed by atoms with Gasteiger partial charge in [0.15, 0.2) is 0 Å². The van der Waals surface area contributed by atoms with Crippen molar-refractivity contribution in [3.63, 3.8) is 0 Å². The van der Waals surface area contributed by atoms with E-state index < -0.39 is 0 Å². The molecule has 1 unspecified atom stereocenters. The molecule has 136 valence electrons. The van der Waals surface area contributed by atoms with Crippen LogP contribution in [-0.2, 0) is 9.59 Å². The average molecular weight is 343 g/mol. The number of hydrogen-bond acceptors (Lipinski definition) is 4. The number of nitrogens with one attached hydrogen (secondary N) is 2. The van der Waals surface area contributed by atoms with Gasteiger partial charge in [0.25, 0.3) is 0 Å². The zero-order valence-corrected chi connectivity index (χ0v) is 15.1. The van der Waals surface area contributed by atoms with Crippen LogP contribution < -0.4 is 10.6 Å². The summed E-state index contributed by atoms with van der Waals surface area (Å²) in [7, 11) is 0. The Hall–Kier alpha value is -1.88. The second-order valence-corrected chi connectivity index (χ2v) is 7.24. The van der Waals surface area contributed by atoms with Gasteiger partial charge in [-0.15, -0.1) is 0 Å². The van der Waals surface area contributed by atoms with Crippen molar-refractivity contribution in [2.45, 2.75) is 57.4 Å². The molecule has 5 heteroatoms. The topological polar surface area (TPSA) is 61.4 Å². The molecule has 0 aromatic heterocycles. The summed E-state index contributed by atoms with van der Waals surface area (Å²) in [6.07, 6.45) is 5.91. The van der Waals surface area contributed by atoms with Gasteiger partial charge in [-0.05, 0) is 68.9 Å². The second kappa shape index (κ2) is 8.48. The van der Waals surface area contributed by atoms with Gasteiger partial charge >= 0.3 is 0 Å². The van der Waals surface area contributed by atoms with Gasteiger partial charge in [0.05, 0.1) is 0 Å². The van der Waals surface area contributed by atoms with Crippen LogP contribution in [0.25, 0.3) is 0 Å². The normalized spacial score (nSPS) is 22.7. The fourth-order valence-corrected chi connectivity index (χ4v) is 3.79. The third kappa shape index (κ3) is 4.82. The zero-order chi connectivity index (χ0) is 17.6. The molecule has 2 saturated heterocycles. The van der Waals surface area contributed by atoms with Gasteiger partial charge in [-0.3, -0.25) is 14.9 Å². The largest absolute Gasteiger partial charge is 0.374 e. The molecule has 0 bridgehead atoms. The van der Waals surface area contributed by atoms with Crippen molar-refractivity contribution in [1.29, 1.82) is 0 Å². The van der Waals surface area contributed by atoms with Crippen molar-refractivity contribution >= 4 is 17.5 Å². The predicted octanol–water partition coefficient (Wildman–Crippen LogP) is 2.88. The monoisotopic (exact) mass is 343 g/mol. The number of carbonyl (C=O) groups excluding carboxylic acids is 2. The van der Waals surface area contributed by atoms with Crippen LogP contribution in [0.4, 0.5) is 5.69 Å². The molecule has 0 spiro atoms. The first kappa shape index (κ1) is 17.9. The molecule has 0 saturated carbocycles. The Bertz CT molecular complexity index is 609. The minimum absolute atomic E-state index is 0.174. The number of nitrogens with zero attached hydrogens (tertiary/aromatic N) is 1. The highest BCUT2D eigenvalue weighted by molar-refractivity contribution is 6.01. The molecule has 0 radical (unpaired) electrons. The van der Waals surface area contributed by atoms with Crippen LogP contribution in [0.3, 0.4) is 0 Å². The number of amides is 2. The average Bonchev–Trinajstić information content (AvgIpc) is 2.63. The Kier molecular flexibility index (Phi) is 6.08. The summed E-state index contributed by atoms with van der Waals surface area (Å²) < 4.78 is 0. The molecule has 1 aromatic carbocycles. The minimum atomic E-state index is -0.316. The molecule has 2 aliphatic rings. The maximum atomic E-state index is 11.9. The summed E-state index contributed by atoms with van der Waals surface area (Å²) in [6, 6.07) is 8.12. The van der Waals surface area contributed by atoms with Crippen LogP contribution in [0, 0.1) is 0 Å². The Balaban J connectivity index is 1.57. The number of carbonyl (C=O) groups is 2. The minimum Gasteiger partial charge on any atom is -0.374 e. The van der Waals surface area contributed by atoms with E-state index in [4.69, 9.17) is 0 Å². The molecule has 1 aromatic rings. The van der Waals surface area contributed by atoms with Crippen molar-refractivity contribution in [3.05, 3.63) is 29.8 Å². The fourth-order valence-electron chi connectivity index (χ4n) is 3.79. The Morgan fingerprint density at radius 2 is 2.00 bits per heavy atom. The molecule has 2 amide bonds. The first-order valence-corrected chi connectivity index (χ1v) is 9.58. The summed E-state index contributed by atoms with van der Waals surface area (Å²) in [4.78, 5) is 25.8. The zero-order valence-electron chi connectivity index (χ0n) is 15.1. The van der Waals surface area contributed by atoms with Crippen LogP contribution >= 0.6 is 0 Å². The quantitative estimate of drug-likeness (QED) is 0.780.